The lowest BCUT2D eigenvalue weighted by Gasteiger charge is -2.31. The number of hydrogen-bond donors (Lipinski definition) is 0. The molecule has 0 saturated carbocycles. The first kappa shape index (κ1) is 10.8. The number of rotatable bonds is 1. The highest BCUT2D eigenvalue weighted by Crippen LogP contribution is 2.28. The first-order valence-corrected chi connectivity index (χ1v) is 6.39. The molecule has 0 aliphatic carbocycles. The van der Waals surface area contributed by atoms with E-state index in [0.29, 0.717) is 6.04 Å². The van der Waals surface area contributed by atoms with Gasteiger partial charge in [0.05, 0.1) is 11.7 Å². The van der Waals surface area contributed by atoms with Crippen LogP contribution in [0.3, 0.4) is 0 Å². The molecule has 1 atom stereocenters. The molecule has 90 valence electrons. The molecule has 3 heterocycles. The van der Waals surface area contributed by atoms with Crippen molar-refractivity contribution in [2.24, 2.45) is 0 Å². The molecule has 3 heteroatoms. The topological polar surface area (TPSA) is 20.5 Å². The van der Waals surface area contributed by atoms with E-state index in [1.165, 1.54) is 37.1 Å². The van der Waals surface area contributed by atoms with Crippen LogP contribution in [0.15, 0.2) is 24.5 Å². The second-order valence-corrected chi connectivity index (χ2v) is 5.13. The van der Waals surface area contributed by atoms with E-state index in [-0.39, 0.29) is 0 Å². The Balaban J connectivity index is 1.99. The fourth-order valence-electron chi connectivity index (χ4n) is 2.71. The van der Waals surface area contributed by atoms with E-state index in [4.69, 9.17) is 4.98 Å². The molecule has 3 nitrogen and oxygen atoms in total. The van der Waals surface area contributed by atoms with E-state index in [1.807, 2.05) is 0 Å². The highest BCUT2D eigenvalue weighted by Gasteiger charge is 2.22. The lowest BCUT2D eigenvalue weighted by atomic mass is 10.0. The van der Waals surface area contributed by atoms with E-state index in [0.717, 1.165) is 5.65 Å². The first-order valence-electron chi connectivity index (χ1n) is 6.39. The zero-order chi connectivity index (χ0) is 11.8. The summed E-state index contributed by atoms with van der Waals surface area (Å²) < 4.78 is 2.13. The predicted molar refractivity (Wildman–Crippen MR) is 69.2 cm³/mol. The van der Waals surface area contributed by atoms with Crippen LogP contribution in [0.4, 0.5) is 0 Å². The molecular weight excluding hydrogens is 210 g/mol. The molecule has 2 aromatic rings. The molecule has 1 fully saturated rings. The van der Waals surface area contributed by atoms with Crippen LogP contribution in [0.1, 0.15) is 36.6 Å². The van der Waals surface area contributed by atoms with Crippen molar-refractivity contribution in [1.29, 1.82) is 0 Å². The van der Waals surface area contributed by atoms with Crippen molar-refractivity contribution in [3.05, 3.63) is 35.8 Å². The molecule has 3 rings (SSSR count). The third-order valence-corrected chi connectivity index (χ3v) is 3.75. The number of aromatic nitrogens is 2. The summed E-state index contributed by atoms with van der Waals surface area (Å²) in [6.07, 6.45) is 8.16. The molecule has 0 spiro atoms. The van der Waals surface area contributed by atoms with E-state index in [1.54, 1.807) is 0 Å². The zero-order valence-electron chi connectivity index (χ0n) is 10.6. The summed E-state index contributed by atoms with van der Waals surface area (Å²) in [6, 6.07) is 4.78. The van der Waals surface area contributed by atoms with Gasteiger partial charge in [-0.3, -0.25) is 4.90 Å². The largest absolute Gasteiger partial charge is 0.307 e. The molecule has 0 N–H and O–H groups in total. The van der Waals surface area contributed by atoms with Gasteiger partial charge in [-0.2, -0.15) is 0 Å². The van der Waals surface area contributed by atoms with Crippen molar-refractivity contribution in [2.45, 2.75) is 32.2 Å². The summed E-state index contributed by atoms with van der Waals surface area (Å²) in [5.74, 6) is 0. The van der Waals surface area contributed by atoms with Crippen LogP contribution < -0.4 is 0 Å². The van der Waals surface area contributed by atoms with Gasteiger partial charge in [-0.25, -0.2) is 4.98 Å². The van der Waals surface area contributed by atoms with Gasteiger partial charge >= 0.3 is 0 Å². The number of likely N-dealkylation sites (tertiary alicyclic amines) is 1. The lowest BCUT2D eigenvalue weighted by molar-refractivity contribution is 0.184. The van der Waals surface area contributed by atoms with Gasteiger partial charge in [-0.15, -0.1) is 0 Å². The summed E-state index contributed by atoms with van der Waals surface area (Å²) in [5.41, 5.74) is 3.56. The molecule has 0 aromatic carbocycles. The van der Waals surface area contributed by atoms with Gasteiger partial charge in [0.15, 0.2) is 0 Å². The average Bonchev–Trinajstić information content (AvgIpc) is 2.72. The van der Waals surface area contributed by atoms with Gasteiger partial charge in [0.1, 0.15) is 5.65 Å². The van der Waals surface area contributed by atoms with Crippen molar-refractivity contribution < 1.29 is 0 Å². The minimum atomic E-state index is 0.504. The summed E-state index contributed by atoms with van der Waals surface area (Å²) in [5, 5.41) is 0. The van der Waals surface area contributed by atoms with Crippen LogP contribution in [0.5, 0.6) is 0 Å². The number of aryl methyl sites for hydroxylation is 1. The highest BCUT2D eigenvalue weighted by atomic mass is 15.2. The van der Waals surface area contributed by atoms with Gasteiger partial charge in [-0.1, -0.05) is 6.42 Å². The Morgan fingerprint density at radius 1 is 1.35 bits per heavy atom. The molecule has 0 bridgehead atoms. The fourth-order valence-corrected chi connectivity index (χ4v) is 2.71. The summed E-state index contributed by atoms with van der Waals surface area (Å²) in [7, 11) is 2.21. The second kappa shape index (κ2) is 4.15. The van der Waals surface area contributed by atoms with Gasteiger partial charge < -0.3 is 4.40 Å². The summed E-state index contributed by atoms with van der Waals surface area (Å²) in [6.45, 7) is 3.30. The van der Waals surface area contributed by atoms with Gasteiger partial charge in [-0.05, 0) is 51.1 Å². The van der Waals surface area contributed by atoms with E-state index in [9.17, 15) is 0 Å². The lowest BCUT2D eigenvalue weighted by Crippen LogP contribution is -2.29. The third-order valence-electron chi connectivity index (χ3n) is 3.75. The third kappa shape index (κ3) is 1.95. The molecule has 1 unspecified atom stereocenters. The molecule has 1 aliphatic heterocycles. The Hall–Kier alpha value is -1.35. The normalized spacial score (nSPS) is 22.1. The fraction of sp³-hybridized carbons (Fsp3) is 0.500. The Bertz CT molecular complexity index is 529. The quantitative estimate of drug-likeness (QED) is 0.749. The van der Waals surface area contributed by atoms with Gasteiger partial charge in [0.25, 0.3) is 0 Å². The number of imidazole rings is 1. The van der Waals surface area contributed by atoms with Crippen LogP contribution in [-0.2, 0) is 0 Å². The van der Waals surface area contributed by atoms with Crippen LogP contribution in [0, 0.1) is 6.92 Å². The Kier molecular flexibility index (Phi) is 2.63. The smallest absolute Gasteiger partial charge is 0.137 e. The predicted octanol–water partition coefficient (Wildman–Crippen LogP) is 2.80. The van der Waals surface area contributed by atoms with Gasteiger partial charge in [0, 0.05) is 12.4 Å². The maximum absolute atomic E-state index is 4.77. The highest BCUT2D eigenvalue weighted by molar-refractivity contribution is 5.43. The number of fused-ring (bicyclic) bond motifs is 1. The Labute approximate surface area is 102 Å². The summed E-state index contributed by atoms with van der Waals surface area (Å²) >= 11 is 0. The number of hydrogen-bond acceptors (Lipinski definition) is 2. The van der Waals surface area contributed by atoms with Crippen molar-refractivity contribution in [3.63, 3.8) is 0 Å². The molecule has 1 saturated heterocycles. The molecule has 0 amide bonds. The SMILES string of the molecule is Cc1ccn2cc(C3CCCCN3C)nc2c1. The number of pyridine rings is 1. The van der Waals surface area contributed by atoms with E-state index < -0.39 is 0 Å². The van der Waals surface area contributed by atoms with Crippen molar-refractivity contribution in [1.82, 2.24) is 14.3 Å². The van der Waals surface area contributed by atoms with Crippen LogP contribution in [-0.4, -0.2) is 27.9 Å². The monoisotopic (exact) mass is 229 g/mol. The maximum Gasteiger partial charge on any atom is 0.137 e. The second-order valence-electron chi connectivity index (χ2n) is 5.13. The number of piperidine rings is 1. The Morgan fingerprint density at radius 3 is 3.06 bits per heavy atom. The van der Waals surface area contributed by atoms with E-state index in [2.05, 4.69) is 47.8 Å². The van der Waals surface area contributed by atoms with Crippen LogP contribution in [0.2, 0.25) is 0 Å². The molecule has 2 aromatic heterocycles. The van der Waals surface area contributed by atoms with Crippen LogP contribution in [0.25, 0.3) is 5.65 Å². The summed E-state index contributed by atoms with van der Waals surface area (Å²) in [4.78, 5) is 7.20. The standard InChI is InChI=1S/C14H19N3/c1-11-6-8-17-10-12(15-14(17)9-11)13-5-3-4-7-16(13)2/h6,8-10,13H,3-5,7H2,1-2H3. The first-order chi connectivity index (χ1) is 8.24. The minimum absolute atomic E-state index is 0.504. The van der Waals surface area contributed by atoms with E-state index >= 15 is 0 Å². The van der Waals surface area contributed by atoms with Crippen molar-refractivity contribution >= 4 is 5.65 Å². The molecule has 0 radical (unpaired) electrons. The Morgan fingerprint density at radius 2 is 2.24 bits per heavy atom. The molecule has 17 heavy (non-hydrogen) atoms. The molecule has 1 aliphatic rings. The van der Waals surface area contributed by atoms with Gasteiger partial charge in [0.2, 0.25) is 0 Å². The molecular formula is C14H19N3. The zero-order valence-corrected chi connectivity index (χ0v) is 10.6. The minimum Gasteiger partial charge on any atom is -0.307 e. The van der Waals surface area contributed by atoms with Crippen LogP contribution >= 0.6 is 0 Å². The maximum atomic E-state index is 4.77. The van der Waals surface area contributed by atoms with Crippen molar-refractivity contribution in [3.8, 4) is 0 Å². The average molecular weight is 229 g/mol. The van der Waals surface area contributed by atoms with Crippen molar-refractivity contribution in [2.75, 3.05) is 13.6 Å². The number of nitrogens with zero attached hydrogens (tertiary/aromatic N) is 3.